The van der Waals surface area contributed by atoms with Gasteiger partial charge in [-0.1, -0.05) is 12.1 Å². The van der Waals surface area contributed by atoms with Crippen LogP contribution in [0, 0.1) is 0 Å². The molecule has 0 spiro atoms. The van der Waals surface area contributed by atoms with Crippen molar-refractivity contribution in [3.05, 3.63) is 53.3 Å². The first-order chi connectivity index (χ1) is 12.8. The van der Waals surface area contributed by atoms with Crippen molar-refractivity contribution in [1.82, 2.24) is 14.7 Å². The van der Waals surface area contributed by atoms with E-state index >= 15 is 0 Å². The molecule has 0 aliphatic carbocycles. The number of carbonyl (C=O) groups is 1. The highest BCUT2D eigenvalue weighted by atomic mass is 32.2. The number of benzene rings is 1. The summed E-state index contributed by atoms with van der Waals surface area (Å²) >= 11 is 0. The lowest BCUT2D eigenvalue weighted by Gasteiger charge is -2.35. The molecule has 1 aliphatic rings. The highest BCUT2D eigenvalue weighted by Gasteiger charge is 2.33. The maximum absolute atomic E-state index is 12.8. The Morgan fingerprint density at radius 3 is 2.59 bits per heavy atom. The molecule has 2 heterocycles. The molecule has 1 aromatic carbocycles. The lowest BCUT2D eigenvalue weighted by atomic mass is 10.1. The fourth-order valence-corrected chi connectivity index (χ4v) is 4.38. The first-order valence-electron chi connectivity index (χ1n) is 8.61. The van der Waals surface area contributed by atoms with Gasteiger partial charge in [0.1, 0.15) is 0 Å². The third kappa shape index (κ3) is 4.58. The van der Waals surface area contributed by atoms with E-state index < -0.39 is 22.5 Å². The van der Waals surface area contributed by atoms with Gasteiger partial charge < -0.3 is 4.90 Å². The first kappa shape index (κ1) is 19.6. The average Bonchev–Trinajstić information content (AvgIpc) is 3.10. The van der Waals surface area contributed by atoms with Gasteiger partial charge in [0.05, 0.1) is 24.2 Å². The summed E-state index contributed by atoms with van der Waals surface area (Å²) in [7, 11) is -1.02. The quantitative estimate of drug-likeness (QED) is 0.795. The van der Waals surface area contributed by atoms with Gasteiger partial charge in [0.15, 0.2) is 0 Å². The van der Waals surface area contributed by atoms with Crippen molar-refractivity contribution in [2.75, 3.05) is 18.1 Å². The molecule has 0 N–H and O–H groups in total. The molecule has 0 unspecified atom stereocenters. The summed E-state index contributed by atoms with van der Waals surface area (Å²) in [5.74, 6) is 0.548. The minimum Gasteiger partial charge on any atom is -0.333 e. The van der Waals surface area contributed by atoms with Crippen LogP contribution in [0.2, 0.25) is 0 Å². The van der Waals surface area contributed by atoms with Gasteiger partial charge in [-0.05, 0) is 24.6 Å². The molecule has 1 saturated heterocycles. The van der Waals surface area contributed by atoms with E-state index in [1.54, 1.807) is 15.8 Å². The molecule has 146 valence electrons. The second-order valence-electron chi connectivity index (χ2n) is 6.41. The number of hydrogen-bond acceptors (Lipinski definition) is 3. The Morgan fingerprint density at radius 2 is 2.00 bits per heavy atom. The fraction of sp³-hybridized carbons (Fsp3) is 0.444. The summed E-state index contributed by atoms with van der Waals surface area (Å²) in [6.45, 7) is 2.99. The highest BCUT2D eigenvalue weighted by Crippen LogP contribution is 2.30. The smallest absolute Gasteiger partial charge is 0.333 e. The monoisotopic (exact) mass is 399 g/mol. The van der Waals surface area contributed by atoms with Crippen LogP contribution in [0.1, 0.15) is 29.7 Å². The predicted molar refractivity (Wildman–Crippen MR) is 95.4 cm³/mol. The molecular formula is C18H20F3N3O2S. The van der Waals surface area contributed by atoms with Gasteiger partial charge in [0, 0.05) is 47.2 Å². The van der Waals surface area contributed by atoms with Crippen LogP contribution in [0.4, 0.5) is 13.2 Å². The van der Waals surface area contributed by atoms with Crippen LogP contribution in [-0.2, 0) is 34.7 Å². The minimum absolute atomic E-state index is 0.00316. The van der Waals surface area contributed by atoms with Gasteiger partial charge in [-0.25, -0.2) is 0 Å². The van der Waals surface area contributed by atoms with Crippen LogP contribution in [0.25, 0.3) is 0 Å². The van der Waals surface area contributed by atoms with E-state index in [-0.39, 0.29) is 18.4 Å². The topological polar surface area (TPSA) is 55.2 Å². The van der Waals surface area contributed by atoms with Crippen molar-refractivity contribution in [3.8, 4) is 0 Å². The van der Waals surface area contributed by atoms with E-state index in [0.717, 1.165) is 17.7 Å². The van der Waals surface area contributed by atoms with Crippen molar-refractivity contribution >= 4 is 16.7 Å². The van der Waals surface area contributed by atoms with Gasteiger partial charge in [-0.15, -0.1) is 0 Å². The fourth-order valence-electron chi connectivity index (χ4n) is 3.09. The van der Waals surface area contributed by atoms with Crippen molar-refractivity contribution in [1.29, 1.82) is 0 Å². The first-order valence-corrected chi connectivity index (χ1v) is 10.1. The third-order valence-electron chi connectivity index (χ3n) is 4.60. The van der Waals surface area contributed by atoms with E-state index in [1.807, 2.05) is 13.1 Å². The Balaban J connectivity index is 1.76. The Kier molecular flexibility index (Phi) is 5.69. The van der Waals surface area contributed by atoms with Gasteiger partial charge in [0.25, 0.3) is 0 Å². The Morgan fingerprint density at radius 1 is 1.30 bits per heavy atom. The molecule has 2 atom stereocenters. The van der Waals surface area contributed by atoms with Crippen LogP contribution in [0.3, 0.4) is 0 Å². The molecule has 0 saturated carbocycles. The van der Waals surface area contributed by atoms with Gasteiger partial charge in [0.2, 0.25) is 5.91 Å². The molecule has 1 amide bonds. The second kappa shape index (κ2) is 7.84. The van der Waals surface area contributed by atoms with E-state index in [0.29, 0.717) is 30.2 Å². The number of aromatic nitrogens is 2. The number of halogens is 3. The summed E-state index contributed by atoms with van der Waals surface area (Å²) in [4.78, 5) is 14.5. The molecule has 5 nitrogen and oxygen atoms in total. The van der Waals surface area contributed by atoms with Crippen LogP contribution in [-0.4, -0.2) is 42.8 Å². The zero-order valence-corrected chi connectivity index (χ0v) is 15.6. The van der Waals surface area contributed by atoms with Crippen LogP contribution in [0.5, 0.6) is 0 Å². The van der Waals surface area contributed by atoms with Crippen LogP contribution < -0.4 is 0 Å². The van der Waals surface area contributed by atoms with Crippen molar-refractivity contribution in [3.63, 3.8) is 0 Å². The highest BCUT2D eigenvalue weighted by molar-refractivity contribution is 7.85. The molecule has 0 bridgehead atoms. The van der Waals surface area contributed by atoms with Crippen molar-refractivity contribution < 1.29 is 22.2 Å². The molecule has 0 radical (unpaired) electrons. The number of hydrogen-bond donors (Lipinski definition) is 0. The zero-order valence-electron chi connectivity index (χ0n) is 14.8. The Labute approximate surface area is 157 Å². The summed E-state index contributed by atoms with van der Waals surface area (Å²) in [6, 6.07) is 4.29. The molecule has 27 heavy (non-hydrogen) atoms. The molecule has 9 heteroatoms. The Hall–Kier alpha value is -2.16. The second-order valence-corrected chi connectivity index (χ2v) is 8.04. The number of nitrogens with zero attached hydrogens (tertiary/aromatic N) is 3. The molecular weight excluding hydrogens is 379 g/mol. The van der Waals surface area contributed by atoms with E-state index in [4.69, 9.17) is 0 Å². The number of rotatable bonds is 4. The Bertz CT molecular complexity index is 833. The number of aryl methyl sites for hydroxylation is 1. The maximum Gasteiger partial charge on any atom is 0.416 e. The van der Waals surface area contributed by atoms with Gasteiger partial charge in [-0.3, -0.25) is 13.7 Å². The molecule has 1 aromatic heterocycles. The summed E-state index contributed by atoms with van der Waals surface area (Å²) in [5, 5.41) is 4.22. The third-order valence-corrected chi connectivity index (χ3v) is 5.92. The van der Waals surface area contributed by atoms with Crippen LogP contribution in [0.15, 0.2) is 36.7 Å². The number of alkyl halides is 3. The van der Waals surface area contributed by atoms with Crippen molar-refractivity contribution in [2.45, 2.75) is 32.1 Å². The van der Waals surface area contributed by atoms with E-state index in [2.05, 4.69) is 5.10 Å². The van der Waals surface area contributed by atoms with Crippen LogP contribution >= 0.6 is 0 Å². The predicted octanol–water partition coefficient (Wildman–Crippen LogP) is 2.80. The number of carbonyl (C=O) groups excluding carboxylic acids is 1. The maximum atomic E-state index is 12.8. The van der Waals surface area contributed by atoms with E-state index in [9.17, 15) is 22.2 Å². The lowest BCUT2D eigenvalue weighted by Crippen LogP contribution is -2.45. The zero-order chi connectivity index (χ0) is 19.6. The normalized spacial score (nSPS) is 20.7. The molecule has 2 aromatic rings. The SMILES string of the molecule is CCn1cc([C@H]2C[S@@](=O)CCN2C(=O)Cc2ccc(C(F)(F)F)cc2)cn1. The molecule has 3 rings (SSSR count). The standard InChI is InChI=1S/C18H20F3N3O2S/c1-2-23-11-14(10-22-23)16-12-27(26)8-7-24(16)17(25)9-13-3-5-15(6-4-13)18(19,20)21/h3-6,10-11,16H,2,7-9,12H2,1H3/t16-,27+/m1/s1. The largest absolute Gasteiger partial charge is 0.416 e. The molecule has 1 fully saturated rings. The lowest BCUT2D eigenvalue weighted by molar-refractivity contribution is -0.137. The van der Waals surface area contributed by atoms with E-state index in [1.165, 1.54) is 12.1 Å². The molecule has 1 aliphatic heterocycles. The van der Waals surface area contributed by atoms with Gasteiger partial charge >= 0.3 is 6.18 Å². The summed E-state index contributed by atoms with van der Waals surface area (Å²) in [5.41, 5.74) is 0.602. The van der Waals surface area contributed by atoms with Crippen molar-refractivity contribution in [2.24, 2.45) is 0 Å². The summed E-state index contributed by atoms with van der Waals surface area (Å²) in [6.07, 6.45) is -0.881. The minimum atomic E-state index is -4.40. The summed E-state index contributed by atoms with van der Waals surface area (Å²) < 4.78 is 51.8. The van der Waals surface area contributed by atoms with Gasteiger partial charge in [-0.2, -0.15) is 18.3 Å². The number of amides is 1. The average molecular weight is 399 g/mol.